The van der Waals surface area contributed by atoms with Crippen LogP contribution in [-0.2, 0) is 30.8 Å². The van der Waals surface area contributed by atoms with E-state index in [0.29, 0.717) is 39.1 Å². The highest BCUT2D eigenvalue weighted by molar-refractivity contribution is 7.88. The molecule has 2 aliphatic heterocycles. The molecule has 0 aliphatic carbocycles. The highest BCUT2D eigenvalue weighted by atomic mass is 32.2. The fraction of sp³-hybridized carbons (Fsp3) is 0.632. The van der Waals surface area contributed by atoms with E-state index in [1.807, 2.05) is 31.2 Å². The molecule has 0 unspecified atom stereocenters. The average Bonchev–Trinajstić information content (AvgIpc) is 3.07. The Morgan fingerprint density at radius 3 is 2.30 bits per heavy atom. The van der Waals surface area contributed by atoms with Gasteiger partial charge in [-0.1, -0.05) is 29.8 Å². The summed E-state index contributed by atoms with van der Waals surface area (Å²) in [4.78, 5) is 14.3. The number of amides is 1. The maximum atomic E-state index is 12.6. The number of aryl methyl sites for hydroxylation is 1. The zero-order valence-electron chi connectivity index (χ0n) is 16.0. The molecule has 8 heteroatoms. The number of likely N-dealkylation sites (tertiary alicyclic amines) is 1. The van der Waals surface area contributed by atoms with Crippen LogP contribution in [0.5, 0.6) is 0 Å². The number of ether oxygens (including phenoxy) is 2. The van der Waals surface area contributed by atoms with Gasteiger partial charge in [-0.2, -0.15) is 4.31 Å². The van der Waals surface area contributed by atoms with Gasteiger partial charge < -0.3 is 14.4 Å². The van der Waals surface area contributed by atoms with E-state index in [-0.39, 0.29) is 25.4 Å². The lowest BCUT2D eigenvalue weighted by Crippen LogP contribution is -2.47. The zero-order chi connectivity index (χ0) is 19.5. The number of hydrogen-bond acceptors (Lipinski definition) is 5. The summed E-state index contributed by atoms with van der Waals surface area (Å²) in [6, 6.07) is 7.75. The standard InChI is InChI=1S/C19H28N2O5S/c1-16-3-5-17(6-4-16)15-21(27(2,23)24)10-7-18(22)20-11-8-19(9-12-20)25-13-14-26-19/h3-6H,7-15H2,1-2H3. The number of sulfonamides is 1. The van der Waals surface area contributed by atoms with Crippen molar-refractivity contribution in [3.8, 4) is 0 Å². The number of rotatable bonds is 6. The van der Waals surface area contributed by atoms with Gasteiger partial charge in [-0.05, 0) is 12.5 Å². The molecule has 2 saturated heterocycles. The summed E-state index contributed by atoms with van der Waals surface area (Å²) < 4.78 is 37.0. The third-order valence-electron chi connectivity index (χ3n) is 5.22. The molecule has 7 nitrogen and oxygen atoms in total. The van der Waals surface area contributed by atoms with Gasteiger partial charge >= 0.3 is 0 Å². The summed E-state index contributed by atoms with van der Waals surface area (Å²) in [6.07, 6.45) is 2.69. The second kappa shape index (κ2) is 8.26. The molecule has 0 N–H and O–H groups in total. The predicted octanol–water partition coefficient (Wildman–Crippen LogP) is 1.51. The monoisotopic (exact) mass is 396 g/mol. The van der Waals surface area contributed by atoms with Gasteiger partial charge in [0.25, 0.3) is 0 Å². The molecule has 1 spiro atoms. The van der Waals surface area contributed by atoms with E-state index in [0.717, 1.165) is 11.1 Å². The summed E-state index contributed by atoms with van der Waals surface area (Å²) >= 11 is 0. The minimum atomic E-state index is -3.40. The second-order valence-corrected chi connectivity index (χ2v) is 9.30. The maximum Gasteiger partial charge on any atom is 0.223 e. The van der Waals surface area contributed by atoms with Crippen LogP contribution in [0.3, 0.4) is 0 Å². The molecule has 0 radical (unpaired) electrons. The van der Waals surface area contributed by atoms with Gasteiger partial charge in [-0.15, -0.1) is 0 Å². The third kappa shape index (κ3) is 5.28. The van der Waals surface area contributed by atoms with Gasteiger partial charge in [0.05, 0.1) is 19.5 Å². The summed E-state index contributed by atoms with van der Waals surface area (Å²) in [5.74, 6) is -0.540. The van der Waals surface area contributed by atoms with Crippen LogP contribution in [0.1, 0.15) is 30.4 Å². The van der Waals surface area contributed by atoms with Crippen molar-refractivity contribution in [2.24, 2.45) is 0 Å². The summed E-state index contributed by atoms with van der Waals surface area (Å²) in [5.41, 5.74) is 2.03. The number of benzene rings is 1. The lowest BCUT2D eigenvalue weighted by Gasteiger charge is -2.37. The first-order valence-corrected chi connectivity index (χ1v) is 11.2. The Kier molecular flexibility index (Phi) is 6.20. The Morgan fingerprint density at radius 1 is 1.15 bits per heavy atom. The molecule has 1 amide bonds. The lowest BCUT2D eigenvalue weighted by atomic mass is 10.0. The minimum absolute atomic E-state index is 0.0274. The molecule has 27 heavy (non-hydrogen) atoms. The van der Waals surface area contributed by atoms with Gasteiger partial charge in [-0.25, -0.2) is 8.42 Å². The number of hydrogen-bond donors (Lipinski definition) is 0. The van der Waals surface area contributed by atoms with Gasteiger partial charge in [0, 0.05) is 45.4 Å². The van der Waals surface area contributed by atoms with Crippen LogP contribution < -0.4 is 0 Å². The molecule has 0 bridgehead atoms. The first-order chi connectivity index (χ1) is 12.8. The fourth-order valence-electron chi connectivity index (χ4n) is 3.52. The van der Waals surface area contributed by atoms with E-state index in [1.54, 1.807) is 4.90 Å². The normalized spacial score (nSPS) is 19.7. The van der Waals surface area contributed by atoms with E-state index in [9.17, 15) is 13.2 Å². The SMILES string of the molecule is Cc1ccc(CN(CCC(=O)N2CCC3(CC2)OCCO3)S(C)(=O)=O)cc1. The van der Waals surface area contributed by atoms with Crippen LogP contribution >= 0.6 is 0 Å². The number of nitrogens with zero attached hydrogens (tertiary/aromatic N) is 2. The first-order valence-electron chi connectivity index (χ1n) is 9.34. The highest BCUT2D eigenvalue weighted by Crippen LogP contribution is 2.31. The van der Waals surface area contributed by atoms with Crippen LogP contribution in [0.4, 0.5) is 0 Å². The molecule has 3 rings (SSSR count). The van der Waals surface area contributed by atoms with E-state index in [4.69, 9.17) is 9.47 Å². The smallest absolute Gasteiger partial charge is 0.223 e. The number of piperidine rings is 1. The molecule has 0 atom stereocenters. The Labute approximate surface area is 161 Å². The van der Waals surface area contributed by atoms with Crippen molar-refractivity contribution in [2.45, 2.75) is 38.5 Å². The van der Waals surface area contributed by atoms with Crippen LogP contribution in [0.25, 0.3) is 0 Å². The van der Waals surface area contributed by atoms with Crippen LogP contribution in [0.15, 0.2) is 24.3 Å². The molecular formula is C19H28N2O5S. The maximum absolute atomic E-state index is 12.6. The van der Waals surface area contributed by atoms with Crippen molar-refractivity contribution in [3.63, 3.8) is 0 Å². The molecule has 0 saturated carbocycles. The topological polar surface area (TPSA) is 76.2 Å². The highest BCUT2D eigenvalue weighted by Gasteiger charge is 2.40. The van der Waals surface area contributed by atoms with Gasteiger partial charge in [0.2, 0.25) is 15.9 Å². The van der Waals surface area contributed by atoms with Crippen LogP contribution in [0.2, 0.25) is 0 Å². The molecule has 2 aliphatic rings. The molecule has 2 fully saturated rings. The first kappa shape index (κ1) is 20.3. The molecule has 1 aromatic carbocycles. The van der Waals surface area contributed by atoms with Crippen molar-refractivity contribution in [2.75, 3.05) is 39.1 Å². The van der Waals surface area contributed by atoms with Gasteiger partial charge in [-0.3, -0.25) is 4.79 Å². The van der Waals surface area contributed by atoms with Crippen LogP contribution in [-0.4, -0.2) is 68.4 Å². The summed E-state index contributed by atoms with van der Waals surface area (Å²) in [7, 11) is -3.40. The Morgan fingerprint density at radius 2 is 1.74 bits per heavy atom. The Balaban J connectivity index is 1.54. The molecule has 2 heterocycles. The quantitative estimate of drug-likeness (QED) is 0.729. The largest absolute Gasteiger partial charge is 0.347 e. The number of carbonyl (C=O) groups excluding carboxylic acids is 1. The van der Waals surface area contributed by atoms with E-state index >= 15 is 0 Å². The predicted molar refractivity (Wildman–Crippen MR) is 101 cm³/mol. The zero-order valence-corrected chi connectivity index (χ0v) is 16.8. The number of carbonyl (C=O) groups is 1. The van der Waals surface area contributed by atoms with Crippen molar-refractivity contribution in [3.05, 3.63) is 35.4 Å². The van der Waals surface area contributed by atoms with Crippen molar-refractivity contribution in [1.82, 2.24) is 9.21 Å². The molecule has 1 aromatic rings. The van der Waals surface area contributed by atoms with E-state index in [2.05, 4.69) is 0 Å². The van der Waals surface area contributed by atoms with Crippen LogP contribution in [0, 0.1) is 6.92 Å². The lowest BCUT2D eigenvalue weighted by molar-refractivity contribution is -0.187. The van der Waals surface area contributed by atoms with E-state index in [1.165, 1.54) is 10.6 Å². The third-order valence-corrected chi connectivity index (χ3v) is 6.46. The van der Waals surface area contributed by atoms with Gasteiger partial charge in [0.15, 0.2) is 5.79 Å². The molecular weight excluding hydrogens is 368 g/mol. The molecule has 0 aromatic heterocycles. The second-order valence-electron chi connectivity index (χ2n) is 7.32. The average molecular weight is 397 g/mol. The van der Waals surface area contributed by atoms with Gasteiger partial charge in [0.1, 0.15) is 0 Å². The summed E-state index contributed by atoms with van der Waals surface area (Å²) in [6.45, 7) is 4.82. The van der Waals surface area contributed by atoms with Crippen molar-refractivity contribution < 1.29 is 22.7 Å². The van der Waals surface area contributed by atoms with Crippen molar-refractivity contribution in [1.29, 1.82) is 0 Å². The van der Waals surface area contributed by atoms with E-state index < -0.39 is 15.8 Å². The fourth-order valence-corrected chi connectivity index (χ4v) is 4.33. The minimum Gasteiger partial charge on any atom is -0.347 e. The Hall–Kier alpha value is -1.48. The Bertz CT molecular complexity index is 747. The van der Waals surface area contributed by atoms with Crippen molar-refractivity contribution >= 4 is 15.9 Å². The molecule has 150 valence electrons. The summed E-state index contributed by atoms with van der Waals surface area (Å²) in [5, 5.41) is 0.